The molecule has 0 aliphatic carbocycles. The predicted octanol–water partition coefficient (Wildman–Crippen LogP) is 5.22. The summed E-state index contributed by atoms with van der Waals surface area (Å²) in [6, 6.07) is 19.1. The van der Waals surface area contributed by atoms with Crippen LogP contribution in [0, 0.1) is 6.92 Å². The first-order chi connectivity index (χ1) is 14.6. The van der Waals surface area contributed by atoms with Crippen molar-refractivity contribution in [2.45, 2.75) is 19.9 Å². The summed E-state index contributed by atoms with van der Waals surface area (Å²) < 4.78 is 1.32. The molecule has 0 amide bonds. The van der Waals surface area contributed by atoms with Crippen LogP contribution in [0.1, 0.15) is 21.5 Å². The highest BCUT2D eigenvalue weighted by Crippen LogP contribution is 2.19. The molecule has 0 radical (unpaired) electrons. The van der Waals surface area contributed by atoms with Crippen molar-refractivity contribution >= 4 is 35.9 Å². The zero-order valence-corrected chi connectivity index (χ0v) is 18.4. The summed E-state index contributed by atoms with van der Waals surface area (Å²) in [4.78, 5) is 21.7. The minimum absolute atomic E-state index is 0. The predicted molar refractivity (Wildman–Crippen MR) is 125 cm³/mol. The Labute approximate surface area is 191 Å². The second kappa shape index (κ2) is 10.2. The van der Waals surface area contributed by atoms with Gasteiger partial charge in [-0.05, 0) is 42.3 Å². The first-order valence-corrected chi connectivity index (χ1v) is 9.91. The number of carbonyl (C=O) groups is 1. The zero-order chi connectivity index (χ0) is 20.9. The van der Waals surface area contributed by atoms with Gasteiger partial charge in [0.05, 0.1) is 6.42 Å². The molecule has 0 aliphatic rings. The Morgan fingerprint density at radius 2 is 1.74 bits per heavy atom. The van der Waals surface area contributed by atoms with Gasteiger partial charge in [-0.15, -0.1) is 17.5 Å². The summed E-state index contributed by atoms with van der Waals surface area (Å²) >= 11 is 5.94. The van der Waals surface area contributed by atoms with Crippen molar-refractivity contribution in [1.82, 2.24) is 19.7 Å². The van der Waals surface area contributed by atoms with E-state index in [4.69, 9.17) is 11.6 Å². The fourth-order valence-corrected chi connectivity index (χ4v) is 3.08. The van der Waals surface area contributed by atoms with Gasteiger partial charge in [0.25, 0.3) is 5.91 Å². The number of carbonyl (C=O) groups excluding carboxylic acids is 1. The van der Waals surface area contributed by atoms with Crippen LogP contribution in [-0.2, 0) is 13.0 Å². The molecular weight excluding hydrogens is 433 g/mol. The molecule has 1 N–H and O–H groups in total. The van der Waals surface area contributed by atoms with E-state index in [0.29, 0.717) is 23.3 Å². The third-order valence-corrected chi connectivity index (χ3v) is 4.85. The number of pyridine rings is 1. The lowest BCUT2D eigenvalue weighted by Crippen LogP contribution is -2.18. The van der Waals surface area contributed by atoms with Crippen LogP contribution < -0.4 is 5.32 Å². The summed E-state index contributed by atoms with van der Waals surface area (Å²) in [5, 5.41) is 8.32. The molecule has 2 heterocycles. The highest BCUT2D eigenvalue weighted by Gasteiger charge is 2.18. The molecule has 0 bridgehead atoms. The molecule has 0 unspecified atom stereocenters. The number of nitrogens with zero attached hydrogens (tertiary/aromatic N) is 4. The van der Waals surface area contributed by atoms with Crippen molar-refractivity contribution in [1.29, 1.82) is 0 Å². The van der Waals surface area contributed by atoms with Crippen LogP contribution in [0.4, 0.5) is 5.95 Å². The monoisotopic (exact) mass is 453 g/mol. The number of benzene rings is 2. The SMILES string of the molecule is Cc1ccc(CNc2nc(-c3cccnc3)nn2C(=O)Cc2ccc(Cl)cc2)cc1.Cl. The van der Waals surface area contributed by atoms with Gasteiger partial charge in [0.1, 0.15) is 0 Å². The normalized spacial score (nSPS) is 10.4. The number of anilines is 1. The zero-order valence-electron chi connectivity index (χ0n) is 16.8. The third kappa shape index (κ3) is 5.69. The van der Waals surface area contributed by atoms with E-state index >= 15 is 0 Å². The third-order valence-electron chi connectivity index (χ3n) is 4.60. The highest BCUT2D eigenvalue weighted by atomic mass is 35.5. The molecule has 31 heavy (non-hydrogen) atoms. The summed E-state index contributed by atoms with van der Waals surface area (Å²) in [6.45, 7) is 2.57. The molecule has 158 valence electrons. The van der Waals surface area contributed by atoms with Gasteiger partial charge < -0.3 is 5.32 Å². The minimum Gasteiger partial charge on any atom is -0.350 e. The Kier molecular flexibility index (Phi) is 7.39. The molecular formula is C23H21Cl2N5O. The van der Waals surface area contributed by atoms with Crippen molar-refractivity contribution in [2.24, 2.45) is 0 Å². The van der Waals surface area contributed by atoms with Crippen molar-refractivity contribution in [3.05, 3.63) is 94.8 Å². The summed E-state index contributed by atoms with van der Waals surface area (Å²) in [5.74, 6) is 0.652. The van der Waals surface area contributed by atoms with Crippen LogP contribution in [0.3, 0.4) is 0 Å². The van der Waals surface area contributed by atoms with E-state index in [0.717, 1.165) is 16.7 Å². The van der Waals surface area contributed by atoms with E-state index in [-0.39, 0.29) is 24.7 Å². The van der Waals surface area contributed by atoms with Crippen LogP contribution in [0.25, 0.3) is 11.4 Å². The Morgan fingerprint density at radius 1 is 1.03 bits per heavy atom. The largest absolute Gasteiger partial charge is 0.350 e. The molecule has 0 saturated heterocycles. The van der Waals surface area contributed by atoms with Gasteiger partial charge in [-0.2, -0.15) is 9.67 Å². The fourth-order valence-electron chi connectivity index (χ4n) is 2.96. The minimum atomic E-state index is -0.189. The Morgan fingerprint density at radius 3 is 2.42 bits per heavy atom. The van der Waals surface area contributed by atoms with Crippen LogP contribution in [0.2, 0.25) is 5.02 Å². The van der Waals surface area contributed by atoms with Crippen LogP contribution in [0.15, 0.2) is 73.1 Å². The molecule has 8 heteroatoms. The topological polar surface area (TPSA) is 72.7 Å². The Balaban J connectivity index is 0.00000272. The molecule has 0 spiro atoms. The molecule has 4 aromatic rings. The number of hydrogen-bond donors (Lipinski definition) is 1. The summed E-state index contributed by atoms with van der Waals surface area (Å²) in [6.07, 6.45) is 3.54. The average molecular weight is 454 g/mol. The summed E-state index contributed by atoms with van der Waals surface area (Å²) in [7, 11) is 0. The van der Waals surface area contributed by atoms with E-state index in [9.17, 15) is 4.79 Å². The Bertz CT molecular complexity index is 1140. The van der Waals surface area contributed by atoms with Crippen molar-refractivity contribution in [2.75, 3.05) is 5.32 Å². The standard InChI is InChI=1S/C23H20ClN5O.ClH/c1-16-4-6-18(7-5-16)14-26-23-27-22(19-3-2-12-25-15-19)28-29(23)21(30)13-17-8-10-20(24)11-9-17;/h2-12,15H,13-14H2,1H3,(H,26,27,28);1H. The van der Waals surface area contributed by atoms with E-state index in [2.05, 4.69) is 32.5 Å². The maximum absolute atomic E-state index is 13.0. The molecule has 0 saturated carbocycles. The molecule has 0 aliphatic heterocycles. The molecule has 0 fully saturated rings. The van der Waals surface area contributed by atoms with Crippen molar-refractivity contribution in [3.63, 3.8) is 0 Å². The number of aromatic nitrogens is 4. The lowest BCUT2D eigenvalue weighted by Gasteiger charge is -2.08. The van der Waals surface area contributed by atoms with E-state index < -0.39 is 0 Å². The molecule has 2 aromatic heterocycles. The van der Waals surface area contributed by atoms with Gasteiger partial charge in [-0.1, -0.05) is 53.6 Å². The number of rotatable bonds is 6. The quantitative estimate of drug-likeness (QED) is 0.433. The van der Waals surface area contributed by atoms with Gasteiger partial charge in [-0.25, -0.2) is 0 Å². The van der Waals surface area contributed by atoms with E-state index in [1.54, 1.807) is 24.5 Å². The average Bonchev–Trinajstić information content (AvgIpc) is 3.20. The van der Waals surface area contributed by atoms with E-state index in [1.807, 2.05) is 43.3 Å². The van der Waals surface area contributed by atoms with Crippen LogP contribution in [-0.4, -0.2) is 25.7 Å². The summed E-state index contributed by atoms with van der Waals surface area (Å²) in [5.41, 5.74) is 3.88. The second-order valence-electron chi connectivity index (χ2n) is 6.95. The van der Waals surface area contributed by atoms with Gasteiger partial charge in [0.15, 0.2) is 5.82 Å². The lowest BCUT2D eigenvalue weighted by molar-refractivity contribution is 0.0901. The maximum Gasteiger partial charge on any atom is 0.254 e. The molecule has 6 nitrogen and oxygen atoms in total. The maximum atomic E-state index is 13.0. The number of aryl methyl sites for hydroxylation is 1. The molecule has 0 atom stereocenters. The second-order valence-corrected chi connectivity index (χ2v) is 7.39. The highest BCUT2D eigenvalue weighted by molar-refractivity contribution is 6.30. The van der Waals surface area contributed by atoms with Gasteiger partial charge >= 0.3 is 0 Å². The van der Waals surface area contributed by atoms with Gasteiger partial charge in [0.2, 0.25) is 5.95 Å². The smallest absolute Gasteiger partial charge is 0.254 e. The molecule has 2 aromatic carbocycles. The van der Waals surface area contributed by atoms with Gasteiger partial charge in [0, 0.05) is 29.5 Å². The number of halogens is 2. The number of nitrogens with one attached hydrogen (secondary N) is 1. The van der Waals surface area contributed by atoms with Crippen molar-refractivity contribution < 1.29 is 4.79 Å². The van der Waals surface area contributed by atoms with Crippen molar-refractivity contribution in [3.8, 4) is 11.4 Å². The van der Waals surface area contributed by atoms with E-state index in [1.165, 1.54) is 10.2 Å². The molecule has 4 rings (SSSR count). The number of hydrogen-bond acceptors (Lipinski definition) is 5. The first kappa shape index (κ1) is 22.5. The van der Waals surface area contributed by atoms with Crippen LogP contribution >= 0.6 is 24.0 Å². The first-order valence-electron chi connectivity index (χ1n) is 9.53. The van der Waals surface area contributed by atoms with Gasteiger partial charge in [-0.3, -0.25) is 9.78 Å². The van der Waals surface area contributed by atoms with Crippen LogP contribution in [0.5, 0.6) is 0 Å². The Hall–Kier alpha value is -3.22. The fraction of sp³-hybridized carbons (Fsp3) is 0.130. The lowest BCUT2D eigenvalue weighted by atomic mass is 10.1.